The van der Waals surface area contributed by atoms with Crippen LogP contribution in [0.3, 0.4) is 0 Å². The van der Waals surface area contributed by atoms with Crippen molar-refractivity contribution < 1.29 is 19.8 Å². The van der Waals surface area contributed by atoms with Crippen LogP contribution < -0.4 is 0 Å². The van der Waals surface area contributed by atoms with Gasteiger partial charge in [0.1, 0.15) is 6.04 Å². The monoisotopic (exact) mass is 269 g/mol. The Hall–Kier alpha value is -1.53. The molecule has 0 fully saturated rings. The lowest BCUT2D eigenvalue weighted by Gasteiger charge is -2.23. The van der Waals surface area contributed by atoms with E-state index in [1.165, 1.54) is 11.9 Å². The summed E-state index contributed by atoms with van der Waals surface area (Å²) in [5, 5.41) is 17.9. The molecule has 0 amide bonds. The molecule has 2 N–H and O–H groups in total. The zero-order valence-electron chi connectivity index (χ0n) is 10.2. The fourth-order valence-corrected chi connectivity index (χ4v) is 2.08. The first-order chi connectivity index (χ1) is 8.45. The normalized spacial score (nSPS) is 12.4. The van der Waals surface area contributed by atoms with Gasteiger partial charge in [-0.2, -0.15) is 0 Å². The quantitative estimate of drug-likeness (QED) is 0.763. The predicted molar refractivity (Wildman–Crippen MR) is 68.9 cm³/mol. The van der Waals surface area contributed by atoms with Crippen LogP contribution in [0.4, 0.5) is 0 Å². The van der Waals surface area contributed by atoms with E-state index in [0.717, 1.165) is 4.90 Å². The molecular weight excluding hydrogens is 254 g/mol. The molecule has 1 aromatic rings. The zero-order chi connectivity index (χ0) is 13.7. The zero-order valence-corrected chi connectivity index (χ0v) is 11.0. The summed E-state index contributed by atoms with van der Waals surface area (Å²) < 4.78 is 0. The molecule has 0 spiro atoms. The topological polar surface area (TPSA) is 77.8 Å². The number of carboxylic acids is 2. The molecule has 1 rings (SSSR count). The molecule has 0 heterocycles. The van der Waals surface area contributed by atoms with Crippen LogP contribution >= 0.6 is 11.8 Å². The largest absolute Gasteiger partial charge is 0.480 e. The predicted octanol–water partition coefficient (Wildman–Crippen LogP) is 1.55. The molecule has 18 heavy (non-hydrogen) atoms. The average Bonchev–Trinajstić information content (AvgIpc) is 2.28. The number of thioether (sulfide) groups is 1. The molecule has 6 heteroatoms. The van der Waals surface area contributed by atoms with Crippen molar-refractivity contribution in [2.75, 3.05) is 19.8 Å². The summed E-state index contributed by atoms with van der Waals surface area (Å²) in [5.41, 5.74) is 0.573. The average molecular weight is 269 g/mol. The molecule has 5 nitrogen and oxygen atoms in total. The number of rotatable bonds is 6. The standard InChI is InChI=1S/C12H15NO4S/c1-13(7-10(14)15)11(12(16)17)8-3-5-9(18-2)6-4-8/h3-6,11H,7H2,1-2H3,(H,14,15)(H,16,17). The van der Waals surface area contributed by atoms with Gasteiger partial charge in [-0.3, -0.25) is 14.5 Å². The molecule has 0 saturated heterocycles. The van der Waals surface area contributed by atoms with Crippen LogP contribution in [0.5, 0.6) is 0 Å². The number of carbonyl (C=O) groups is 2. The summed E-state index contributed by atoms with van der Waals surface area (Å²) >= 11 is 1.56. The molecule has 0 aliphatic carbocycles. The van der Waals surface area contributed by atoms with E-state index in [1.807, 2.05) is 18.4 Å². The summed E-state index contributed by atoms with van der Waals surface area (Å²) in [6.45, 7) is -0.318. The van der Waals surface area contributed by atoms with Crippen LogP contribution in [0.15, 0.2) is 29.2 Å². The lowest BCUT2D eigenvalue weighted by molar-refractivity contribution is -0.145. The number of nitrogens with zero attached hydrogens (tertiary/aromatic N) is 1. The summed E-state index contributed by atoms with van der Waals surface area (Å²) in [5.74, 6) is -2.11. The van der Waals surface area contributed by atoms with E-state index in [0.29, 0.717) is 5.56 Å². The number of hydrogen-bond acceptors (Lipinski definition) is 4. The van der Waals surface area contributed by atoms with Gasteiger partial charge in [0.15, 0.2) is 0 Å². The number of likely N-dealkylation sites (N-methyl/N-ethyl adjacent to an activating group) is 1. The highest BCUT2D eigenvalue weighted by molar-refractivity contribution is 7.98. The SMILES string of the molecule is CSc1ccc(C(C(=O)O)N(C)CC(=O)O)cc1. The van der Waals surface area contributed by atoms with Crippen molar-refractivity contribution in [3.8, 4) is 0 Å². The van der Waals surface area contributed by atoms with E-state index in [2.05, 4.69) is 0 Å². The van der Waals surface area contributed by atoms with Gasteiger partial charge in [-0.25, -0.2) is 0 Å². The Labute approximate surface area is 109 Å². The third kappa shape index (κ3) is 3.75. The molecule has 1 aromatic carbocycles. The summed E-state index contributed by atoms with van der Waals surface area (Å²) in [6.07, 6.45) is 1.93. The highest BCUT2D eigenvalue weighted by atomic mass is 32.2. The summed E-state index contributed by atoms with van der Waals surface area (Å²) in [6, 6.07) is 6.12. The molecule has 1 atom stereocenters. The molecule has 0 aliphatic heterocycles. The Morgan fingerprint density at radius 3 is 2.22 bits per heavy atom. The van der Waals surface area contributed by atoms with Crippen molar-refractivity contribution in [1.29, 1.82) is 0 Å². The minimum atomic E-state index is -1.06. The van der Waals surface area contributed by atoms with Gasteiger partial charge in [0, 0.05) is 4.90 Å². The Kier molecular flexibility index (Phi) is 5.18. The highest BCUT2D eigenvalue weighted by Crippen LogP contribution is 2.22. The van der Waals surface area contributed by atoms with Crippen LogP contribution in [0, 0.1) is 0 Å². The lowest BCUT2D eigenvalue weighted by atomic mass is 10.1. The van der Waals surface area contributed by atoms with Crippen LogP contribution in [0.1, 0.15) is 11.6 Å². The molecule has 0 radical (unpaired) electrons. The maximum absolute atomic E-state index is 11.2. The Morgan fingerprint density at radius 1 is 1.28 bits per heavy atom. The van der Waals surface area contributed by atoms with Crippen molar-refractivity contribution in [2.45, 2.75) is 10.9 Å². The molecular formula is C12H15NO4S. The molecule has 0 aromatic heterocycles. The minimum absolute atomic E-state index is 0.318. The van der Waals surface area contributed by atoms with Crippen molar-refractivity contribution in [3.05, 3.63) is 29.8 Å². The Morgan fingerprint density at radius 2 is 1.83 bits per heavy atom. The van der Waals surface area contributed by atoms with Crippen molar-refractivity contribution >= 4 is 23.7 Å². The van der Waals surface area contributed by atoms with Crippen LogP contribution in [0.25, 0.3) is 0 Å². The maximum atomic E-state index is 11.2. The van der Waals surface area contributed by atoms with Crippen LogP contribution in [-0.2, 0) is 9.59 Å². The fourth-order valence-electron chi connectivity index (χ4n) is 1.68. The van der Waals surface area contributed by atoms with E-state index < -0.39 is 18.0 Å². The maximum Gasteiger partial charge on any atom is 0.325 e. The molecule has 0 bridgehead atoms. The molecule has 0 saturated carbocycles. The van der Waals surface area contributed by atoms with Gasteiger partial charge in [0.2, 0.25) is 0 Å². The molecule has 98 valence electrons. The Bertz CT molecular complexity index is 432. The number of hydrogen-bond donors (Lipinski definition) is 2. The van der Waals surface area contributed by atoms with Gasteiger partial charge in [0.25, 0.3) is 0 Å². The van der Waals surface area contributed by atoms with Gasteiger partial charge in [-0.05, 0) is 31.0 Å². The highest BCUT2D eigenvalue weighted by Gasteiger charge is 2.25. The van der Waals surface area contributed by atoms with E-state index >= 15 is 0 Å². The lowest BCUT2D eigenvalue weighted by Crippen LogP contribution is -2.34. The van der Waals surface area contributed by atoms with E-state index in [4.69, 9.17) is 5.11 Å². The first-order valence-corrected chi connectivity index (χ1v) is 6.47. The molecule has 0 aliphatic rings. The first-order valence-electron chi connectivity index (χ1n) is 5.24. The minimum Gasteiger partial charge on any atom is -0.480 e. The van der Waals surface area contributed by atoms with Gasteiger partial charge in [-0.1, -0.05) is 12.1 Å². The van der Waals surface area contributed by atoms with Gasteiger partial charge < -0.3 is 10.2 Å². The van der Waals surface area contributed by atoms with Crippen molar-refractivity contribution in [2.24, 2.45) is 0 Å². The van der Waals surface area contributed by atoms with E-state index in [1.54, 1.807) is 23.9 Å². The Balaban J connectivity index is 2.96. The molecule has 1 unspecified atom stereocenters. The van der Waals surface area contributed by atoms with Crippen LogP contribution in [-0.4, -0.2) is 46.9 Å². The van der Waals surface area contributed by atoms with Crippen molar-refractivity contribution in [3.63, 3.8) is 0 Å². The van der Waals surface area contributed by atoms with E-state index in [-0.39, 0.29) is 6.54 Å². The van der Waals surface area contributed by atoms with Gasteiger partial charge >= 0.3 is 11.9 Å². The fraction of sp³-hybridized carbons (Fsp3) is 0.333. The summed E-state index contributed by atoms with van der Waals surface area (Å²) in [4.78, 5) is 24.2. The third-order valence-corrected chi connectivity index (χ3v) is 3.23. The van der Waals surface area contributed by atoms with Gasteiger partial charge in [-0.15, -0.1) is 11.8 Å². The third-order valence-electron chi connectivity index (χ3n) is 2.49. The van der Waals surface area contributed by atoms with E-state index in [9.17, 15) is 14.7 Å². The smallest absolute Gasteiger partial charge is 0.325 e. The van der Waals surface area contributed by atoms with Gasteiger partial charge in [0.05, 0.1) is 6.54 Å². The second-order valence-corrected chi connectivity index (χ2v) is 4.70. The number of carboxylic acid groups (broad SMARTS) is 2. The van der Waals surface area contributed by atoms with Crippen molar-refractivity contribution in [1.82, 2.24) is 4.90 Å². The van der Waals surface area contributed by atoms with Crippen LogP contribution in [0.2, 0.25) is 0 Å². The second kappa shape index (κ2) is 6.42. The summed E-state index contributed by atoms with van der Waals surface area (Å²) in [7, 11) is 1.48. The first kappa shape index (κ1) is 14.5. The second-order valence-electron chi connectivity index (χ2n) is 3.82. The number of benzene rings is 1. The number of aliphatic carboxylic acids is 2.